The van der Waals surface area contributed by atoms with Crippen LogP contribution in [-0.4, -0.2) is 26.2 Å². The zero-order valence-corrected chi connectivity index (χ0v) is 17.9. The van der Waals surface area contributed by atoms with Crippen LogP contribution >= 0.6 is 11.6 Å². The highest BCUT2D eigenvalue weighted by atomic mass is 35.5. The van der Waals surface area contributed by atoms with E-state index in [2.05, 4.69) is 21.9 Å². The summed E-state index contributed by atoms with van der Waals surface area (Å²) < 4.78 is 3.53. The van der Waals surface area contributed by atoms with Crippen LogP contribution in [-0.2, 0) is 0 Å². The molecule has 0 fully saturated rings. The molecule has 0 N–H and O–H groups in total. The van der Waals surface area contributed by atoms with Crippen molar-refractivity contribution in [1.29, 1.82) is 0 Å². The third kappa shape index (κ3) is 3.16. The summed E-state index contributed by atoms with van der Waals surface area (Å²) in [5.41, 5.74) is 2.27. The summed E-state index contributed by atoms with van der Waals surface area (Å²) in [6.45, 7) is 2.06. The molecule has 3 heterocycles. The lowest BCUT2D eigenvalue weighted by Gasteiger charge is -2.28. The first-order valence-electron chi connectivity index (χ1n) is 9.97. The highest BCUT2D eigenvalue weighted by Crippen LogP contribution is 2.30. The van der Waals surface area contributed by atoms with E-state index in [0.717, 1.165) is 28.2 Å². The normalized spacial score (nSPS) is 12.4. The van der Waals surface area contributed by atoms with E-state index < -0.39 is 0 Å². The van der Waals surface area contributed by atoms with Crippen molar-refractivity contribution in [2.45, 2.75) is 13.0 Å². The van der Waals surface area contributed by atoms with Gasteiger partial charge in [0, 0.05) is 24.6 Å². The second-order valence-electron chi connectivity index (χ2n) is 7.45. The SMILES string of the molecule is C[C@@H](c1cc2cccc(Cl)c2c(=O)n1-c1ccccc1)N(C)c1cnc2cccnn12. The molecule has 154 valence electrons. The van der Waals surface area contributed by atoms with Gasteiger partial charge in [-0.25, -0.2) is 4.98 Å². The Morgan fingerprint density at radius 3 is 2.65 bits per heavy atom. The average molecular weight is 430 g/mol. The quantitative estimate of drug-likeness (QED) is 0.408. The molecule has 7 heteroatoms. The van der Waals surface area contributed by atoms with Crippen molar-refractivity contribution in [3.63, 3.8) is 0 Å². The van der Waals surface area contributed by atoms with Gasteiger partial charge in [0.25, 0.3) is 5.56 Å². The number of anilines is 1. The second-order valence-corrected chi connectivity index (χ2v) is 7.85. The highest BCUT2D eigenvalue weighted by molar-refractivity contribution is 6.35. The topological polar surface area (TPSA) is 55.4 Å². The summed E-state index contributed by atoms with van der Waals surface area (Å²) in [5, 5.41) is 6.21. The molecular weight excluding hydrogens is 410 g/mol. The Kier molecular flexibility index (Phi) is 4.71. The Morgan fingerprint density at radius 2 is 1.84 bits per heavy atom. The largest absolute Gasteiger partial charge is 0.350 e. The Morgan fingerprint density at radius 1 is 1.03 bits per heavy atom. The zero-order chi connectivity index (χ0) is 21.5. The summed E-state index contributed by atoms with van der Waals surface area (Å²) in [6.07, 6.45) is 3.52. The molecule has 0 amide bonds. The van der Waals surface area contributed by atoms with Gasteiger partial charge in [-0.2, -0.15) is 9.61 Å². The Labute approximate surface area is 184 Å². The van der Waals surface area contributed by atoms with Gasteiger partial charge < -0.3 is 4.90 Å². The lowest BCUT2D eigenvalue weighted by molar-refractivity contribution is 0.667. The maximum atomic E-state index is 13.6. The number of halogens is 1. The molecule has 0 saturated carbocycles. The minimum Gasteiger partial charge on any atom is -0.350 e. The number of imidazole rings is 1. The number of nitrogens with zero attached hydrogens (tertiary/aromatic N) is 5. The van der Waals surface area contributed by atoms with Gasteiger partial charge in [0.05, 0.1) is 22.6 Å². The van der Waals surface area contributed by atoms with Crippen LogP contribution in [0, 0.1) is 0 Å². The number of aromatic nitrogens is 4. The fourth-order valence-electron chi connectivity index (χ4n) is 3.94. The molecule has 0 aliphatic rings. The second kappa shape index (κ2) is 7.56. The Bertz CT molecular complexity index is 1460. The van der Waals surface area contributed by atoms with Crippen LogP contribution in [0.2, 0.25) is 5.02 Å². The number of fused-ring (bicyclic) bond motifs is 2. The van der Waals surface area contributed by atoms with E-state index in [-0.39, 0.29) is 11.6 Å². The van der Waals surface area contributed by atoms with Gasteiger partial charge in [-0.1, -0.05) is 41.9 Å². The van der Waals surface area contributed by atoms with E-state index in [9.17, 15) is 4.79 Å². The standard InChI is InChI=1S/C24H20ClN5O/c1-16(28(2)22-15-26-21-12-7-13-27-30(21)22)20-14-17-8-6-11-19(25)23(17)24(31)29(20)18-9-4-3-5-10-18/h3-16H,1-2H3/t16-/m0/s1. The summed E-state index contributed by atoms with van der Waals surface area (Å²) in [6, 6.07) is 20.8. The molecule has 3 aromatic heterocycles. The summed E-state index contributed by atoms with van der Waals surface area (Å²) in [4.78, 5) is 20.1. The lowest BCUT2D eigenvalue weighted by atomic mass is 10.1. The first kappa shape index (κ1) is 19.3. The predicted molar refractivity (Wildman–Crippen MR) is 124 cm³/mol. The van der Waals surface area contributed by atoms with Crippen LogP contribution in [0.1, 0.15) is 18.7 Å². The molecule has 31 heavy (non-hydrogen) atoms. The molecule has 0 unspecified atom stereocenters. The fourth-order valence-corrected chi connectivity index (χ4v) is 4.21. The molecule has 5 aromatic rings. The van der Waals surface area contributed by atoms with Gasteiger partial charge in [0.1, 0.15) is 0 Å². The minimum absolute atomic E-state index is 0.138. The Hall–Kier alpha value is -3.64. The van der Waals surface area contributed by atoms with Crippen molar-refractivity contribution in [3.05, 3.63) is 100 Å². The lowest BCUT2D eigenvalue weighted by Crippen LogP contribution is -2.30. The smallest absolute Gasteiger partial charge is 0.264 e. The maximum absolute atomic E-state index is 13.6. The van der Waals surface area contributed by atoms with Crippen molar-refractivity contribution in [2.24, 2.45) is 0 Å². The third-order valence-electron chi connectivity index (χ3n) is 5.67. The van der Waals surface area contributed by atoms with Crippen LogP contribution in [0.25, 0.3) is 22.1 Å². The summed E-state index contributed by atoms with van der Waals surface area (Å²) in [7, 11) is 1.98. The van der Waals surface area contributed by atoms with Gasteiger partial charge in [0.15, 0.2) is 11.5 Å². The van der Waals surface area contributed by atoms with E-state index in [1.807, 2.05) is 67.7 Å². The minimum atomic E-state index is -0.154. The molecule has 0 aliphatic carbocycles. The molecule has 0 aliphatic heterocycles. The van der Waals surface area contributed by atoms with Crippen LogP contribution in [0.4, 0.5) is 5.82 Å². The van der Waals surface area contributed by atoms with Crippen LogP contribution in [0.3, 0.4) is 0 Å². The number of rotatable bonds is 4. The van der Waals surface area contributed by atoms with E-state index in [4.69, 9.17) is 11.6 Å². The van der Waals surface area contributed by atoms with E-state index in [1.165, 1.54) is 0 Å². The first-order chi connectivity index (χ1) is 15.1. The van der Waals surface area contributed by atoms with Crippen LogP contribution in [0.15, 0.2) is 83.9 Å². The molecule has 0 saturated heterocycles. The van der Waals surface area contributed by atoms with Crippen molar-refractivity contribution < 1.29 is 0 Å². The monoisotopic (exact) mass is 429 g/mol. The van der Waals surface area contributed by atoms with E-state index in [1.54, 1.807) is 27.5 Å². The number of para-hydroxylation sites is 1. The molecule has 5 rings (SSSR count). The average Bonchev–Trinajstić information content (AvgIpc) is 3.22. The fraction of sp³-hybridized carbons (Fsp3) is 0.125. The number of pyridine rings is 1. The van der Waals surface area contributed by atoms with Gasteiger partial charge in [-0.05, 0) is 48.7 Å². The predicted octanol–water partition coefficient (Wildman–Crippen LogP) is 4.88. The van der Waals surface area contributed by atoms with Gasteiger partial charge in [-0.15, -0.1) is 0 Å². The third-order valence-corrected chi connectivity index (χ3v) is 5.98. The maximum Gasteiger partial charge on any atom is 0.264 e. The summed E-state index contributed by atoms with van der Waals surface area (Å²) >= 11 is 6.42. The molecule has 1 atom stereocenters. The summed E-state index contributed by atoms with van der Waals surface area (Å²) in [5.74, 6) is 0.835. The zero-order valence-electron chi connectivity index (χ0n) is 17.1. The number of hydrogen-bond donors (Lipinski definition) is 0. The first-order valence-corrected chi connectivity index (χ1v) is 10.4. The van der Waals surface area contributed by atoms with E-state index in [0.29, 0.717) is 10.4 Å². The van der Waals surface area contributed by atoms with Gasteiger partial charge in [0.2, 0.25) is 0 Å². The van der Waals surface area contributed by atoms with Gasteiger partial charge in [-0.3, -0.25) is 9.36 Å². The van der Waals surface area contributed by atoms with Crippen molar-refractivity contribution >= 4 is 33.8 Å². The Balaban J connectivity index is 1.74. The van der Waals surface area contributed by atoms with Crippen LogP contribution < -0.4 is 10.5 Å². The molecule has 0 spiro atoms. The van der Waals surface area contributed by atoms with Crippen molar-refractivity contribution in [2.75, 3.05) is 11.9 Å². The molecule has 0 bridgehead atoms. The molecule has 0 radical (unpaired) electrons. The molecule has 6 nitrogen and oxygen atoms in total. The van der Waals surface area contributed by atoms with Crippen LogP contribution in [0.5, 0.6) is 0 Å². The highest BCUT2D eigenvalue weighted by Gasteiger charge is 2.22. The molecular formula is C24H20ClN5O. The number of benzene rings is 2. The van der Waals surface area contributed by atoms with E-state index >= 15 is 0 Å². The number of hydrogen-bond acceptors (Lipinski definition) is 4. The molecule has 2 aromatic carbocycles. The van der Waals surface area contributed by atoms with Crippen molar-refractivity contribution in [3.8, 4) is 5.69 Å². The van der Waals surface area contributed by atoms with Gasteiger partial charge >= 0.3 is 0 Å². The van der Waals surface area contributed by atoms with Crippen molar-refractivity contribution in [1.82, 2.24) is 19.2 Å².